The third kappa shape index (κ3) is 13.0. The topological polar surface area (TPSA) is 151 Å². The summed E-state index contributed by atoms with van der Waals surface area (Å²) in [5.74, 6) is 2.42. The van der Waals surface area contributed by atoms with Gasteiger partial charge in [-0.1, -0.05) is 83.2 Å². The molecule has 2 aromatic carbocycles. The predicted octanol–water partition coefficient (Wildman–Crippen LogP) is 13.5. The molecule has 69 heavy (non-hydrogen) atoms. The van der Waals surface area contributed by atoms with Crippen molar-refractivity contribution >= 4 is 52.5 Å². The number of hydrogen-bond acceptors (Lipinski definition) is 8. The Kier molecular flexibility index (Phi) is 17.3. The van der Waals surface area contributed by atoms with Crippen molar-refractivity contribution in [1.29, 1.82) is 0 Å². The van der Waals surface area contributed by atoms with Crippen LogP contribution in [0.25, 0.3) is 5.57 Å². The first-order valence-corrected chi connectivity index (χ1v) is 26.7. The van der Waals surface area contributed by atoms with E-state index in [1.165, 1.54) is 94.9 Å². The van der Waals surface area contributed by atoms with Crippen LogP contribution in [0.4, 0.5) is 0 Å². The molecule has 4 aliphatic rings. The van der Waals surface area contributed by atoms with Gasteiger partial charge in [-0.25, -0.2) is 0 Å². The molecular weight excluding hydrogens is 912 g/mol. The maximum absolute atomic E-state index is 13.6. The number of phenols is 2. The molecule has 382 valence electrons. The maximum Gasteiger partial charge on any atom is 0.325 e. The molecule has 0 aliphatic heterocycles. The van der Waals surface area contributed by atoms with Crippen LogP contribution in [0.3, 0.4) is 0 Å². The van der Waals surface area contributed by atoms with Crippen molar-refractivity contribution in [2.24, 2.45) is 58.2 Å². The number of halogens is 2. The highest BCUT2D eigenvalue weighted by Gasteiger charge is 2.60. The van der Waals surface area contributed by atoms with Crippen LogP contribution in [0.5, 0.6) is 11.5 Å². The molecule has 4 aliphatic carbocycles. The highest BCUT2D eigenvalue weighted by Crippen LogP contribution is 2.69. The second-order valence-corrected chi connectivity index (χ2v) is 25.1. The molecule has 12 heteroatoms. The van der Waals surface area contributed by atoms with Gasteiger partial charge >= 0.3 is 11.9 Å². The zero-order chi connectivity index (χ0) is 50.8. The van der Waals surface area contributed by atoms with E-state index < -0.39 is 59.5 Å². The van der Waals surface area contributed by atoms with Crippen LogP contribution in [-0.2, 0) is 19.1 Å². The third-order valence-corrected chi connectivity index (χ3v) is 17.3. The Bertz CT molecular complexity index is 2140. The third-order valence-electron chi connectivity index (χ3n) is 16.8. The Morgan fingerprint density at radius 3 is 1.77 bits per heavy atom. The van der Waals surface area contributed by atoms with Crippen molar-refractivity contribution in [3.8, 4) is 11.5 Å². The zero-order valence-electron chi connectivity index (χ0n) is 43.4. The second kappa shape index (κ2) is 21.9. The van der Waals surface area contributed by atoms with E-state index in [9.17, 15) is 29.4 Å². The Labute approximate surface area is 422 Å². The molecule has 9 atom stereocenters. The number of nitrogens with one attached hydrogen (secondary N) is 2. The molecule has 1 unspecified atom stereocenters. The van der Waals surface area contributed by atoms with Crippen molar-refractivity contribution in [2.75, 3.05) is 13.1 Å². The van der Waals surface area contributed by atoms with Gasteiger partial charge in [0.25, 0.3) is 11.8 Å². The smallest absolute Gasteiger partial charge is 0.325 e. The summed E-state index contributed by atoms with van der Waals surface area (Å²) in [6.45, 7) is 22.1. The number of fused-ring (bicyclic) bond motifs is 5. The van der Waals surface area contributed by atoms with E-state index in [2.05, 4.69) is 45.3 Å². The van der Waals surface area contributed by atoms with Crippen molar-refractivity contribution in [2.45, 2.75) is 177 Å². The summed E-state index contributed by atoms with van der Waals surface area (Å²) >= 11 is 13.3. The molecule has 0 saturated heterocycles. The molecule has 10 nitrogen and oxygen atoms in total. The van der Waals surface area contributed by atoms with E-state index in [4.69, 9.17) is 32.7 Å². The van der Waals surface area contributed by atoms with Gasteiger partial charge in [0, 0.05) is 0 Å². The monoisotopic (exact) mass is 993 g/mol. The number of benzene rings is 2. The summed E-state index contributed by atoms with van der Waals surface area (Å²) in [6, 6.07) is 6.05. The van der Waals surface area contributed by atoms with Crippen LogP contribution in [0.15, 0.2) is 30.3 Å². The van der Waals surface area contributed by atoms with Crippen molar-refractivity contribution in [3.63, 3.8) is 0 Å². The van der Waals surface area contributed by atoms with Crippen LogP contribution < -0.4 is 10.6 Å². The largest absolute Gasteiger partial charge is 0.506 e. The minimum atomic E-state index is -0.761. The number of esters is 2. The Balaban J connectivity index is 1.22. The summed E-state index contributed by atoms with van der Waals surface area (Å²) in [6.07, 6.45) is 19.5. The molecule has 0 bridgehead atoms. The summed E-state index contributed by atoms with van der Waals surface area (Å²) in [4.78, 5) is 52.1. The highest BCUT2D eigenvalue weighted by molar-refractivity contribution is 6.33. The van der Waals surface area contributed by atoms with Gasteiger partial charge in [-0.2, -0.15) is 0 Å². The minimum absolute atomic E-state index is 0.101. The van der Waals surface area contributed by atoms with Crippen molar-refractivity contribution in [1.82, 2.24) is 10.6 Å². The van der Waals surface area contributed by atoms with Gasteiger partial charge in [0.2, 0.25) is 0 Å². The van der Waals surface area contributed by atoms with E-state index in [1.807, 2.05) is 6.08 Å². The number of carbonyl (C=O) groups is 4. The maximum atomic E-state index is 13.6. The van der Waals surface area contributed by atoms with Crippen LogP contribution in [0, 0.1) is 58.2 Å². The number of hydrogen-bond donors (Lipinski definition) is 4. The number of amides is 2. The van der Waals surface area contributed by atoms with Crippen LogP contribution in [-0.4, -0.2) is 58.3 Å². The van der Waals surface area contributed by atoms with E-state index >= 15 is 0 Å². The van der Waals surface area contributed by atoms with Gasteiger partial charge in [0.15, 0.2) is 0 Å². The number of aromatic hydroxyl groups is 2. The summed E-state index contributed by atoms with van der Waals surface area (Å²) in [5, 5.41) is 27.0. The zero-order valence-corrected chi connectivity index (χ0v) is 44.9. The Morgan fingerprint density at radius 1 is 0.725 bits per heavy atom. The summed E-state index contributed by atoms with van der Waals surface area (Å²) in [7, 11) is 0. The normalized spacial score (nSPS) is 27.0. The van der Waals surface area contributed by atoms with E-state index in [0.717, 1.165) is 48.3 Å². The first kappa shape index (κ1) is 54.6. The standard InChI is InChI=1S/C57H82Cl2N2O8/c1-33(2)14-12-15-34(3)43-20-21-44-40-19-18-38-26-35(22-24-56(38,10)45(40)23-25-57(43,44)11)16-13-17-39(36-27-41(50(64)46(58)29-36)52(66)60-31-48(62)68-54(4,5)6)37-28-42(51(65)47(59)30-37)53(67)61-32-49(63)69-55(7,8)9/h17,27-30,33-35,38,40,43-45,64-65H,12-16,18-26,31-32H2,1-11H3,(H,60,66)(H,61,67)/t34-,35+,38?,40+,43-,44+,45+,56+,57-/m1/s1. The summed E-state index contributed by atoms with van der Waals surface area (Å²) < 4.78 is 10.7. The lowest BCUT2D eigenvalue weighted by molar-refractivity contribution is -0.154. The van der Waals surface area contributed by atoms with Gasteiger partial charge in [0.1, 0.15) is 35.8 Å². The number of allylic oxidation sites excluding steroid dienone is 1. The number of carbonyl (C=O) groups excluding carboxylic acids is 4. The van der Waals surface area contributed by atoms with Crippen LogP contribution >= 0.6 is 23.2 Å². The second-order valence-electron chi connectivity index (χ2n) is 24.3. The minimum Gasteiger partial charge on any atom is -0.506 e. The van der Waals surface area contributed by atoms with Crippen molar-refractivity contribution in [3.05, 3.63) is 62.6 Å². The SMILES string of the molecule is CC(C)CCC[C@@H](C)[C@H]1CC[C@H]2[C@@H]3CCC4C[C@@H](CCC=C(c5cc(Cl)c(O)c(C(=O)NCC(=O)OC(C)(C)C)c5)c5cc(Cl)c(O)c(C(=O)NCC(=O)OC(C)(C)C)c5)CC[C@]4(C)[C@H]3CC[C@]12C. The predicted molar refractivity (Wildman–Crippen MR) is 275 cm³/mol. The number of ether oxygens (including phenoxy) is 2. The molecule has 0 aromatic heterocycles. The van der Waals surface area contributed by atoms with E-state index in [0.29, 0.717) is 45.8 Å². The lowest BCUT2D eigenvalue weighted by Gasteiger charge is -2.61. The van der Waals surface area contributed by atoms with Gasteiger partial charge in [-0.3, -0.25) is 19.2 Å². The molecule has 2 aromatic rings. The Hall–Kier alpha value is -3.76. The van der Waals surface area contributed by atoms with Gasteiger partial charge in [-0.15, -0.1) is 0 Å². The van der Waals surface area contributed by atoms with E-state index in [-0.39, 0.29) is 21.2 Å². The molecule has 4 fully saturated rings. The first-order valence-electron chi connectivity index (χ1n) is 26.0. The first-order chi connectivity index (χ1) is 32.2. The average Bonchev–Trinajstić information content (AvgIpc) is 3.61. The molecule has 0 spiro atoms. The average molecular weight is 994 g/mol. The van der Waals surface area contributed by atoms with Gasteiger partial charge in [-0.05, 0) is 211 Å². The van der Waals surface area contributed by atoms with Crippen molar-refractivity contribution < 1.29 is 38.9 Å². The van der Waals surface area contributed by atoms with Gasteiger partial charge in [0.05, 0.1) is 21.2 Å². The molecule has 0 heterocycles. The molecule has 4 saturated carbocycles. The molecule has 6 rings (SSSR count). The summed E-state index contributed by atoms with van der Waals surface area (Å²) in [5.41, 5.74) is 0.434. The van der Waals surface area contributed by atoms with Gasteiger partial charge < -0.3 is 30.3 Å². The fourth-order valence-corrected chi connectivity index (χ4v) is 14.0. The fraction of sp³-hybridized carbons (Fsp3) is 0.684. The lowest BCUT2D eigenvalue weighted by atomic mass is 9.44. The molecule has 4 N–H and O–H groups in total. The quantitative estimate of drug-likeness (QED) is 0.121. The highest BCUT2D eigenvalue weighted by atomic mass is 35.5. The lowest BCUT2D eigenvalue weighted by Crippen LogP contribution is -2.53. The number of phenolic OH excluding ortho intramolecular Hbond substituents is 2. The number of rotatable bonds is 16. The molecule has 2 amide bonds. The van der Waals surface area contributed by atoms with Crippen LogP contribution in [0.1, 0.15) is 198 Å². The molecule has 0 radical (unpaired) electrons. The molecular formula is C57H82Cl2N2O8. The van der Waals surface area contributed by atoms with Crippen LogP contribution in [0.2, 0.25) is 10.0 Å². The Morgan fingerprint density at radius 2 is 1.25 bits per heavy atom. The fourth-order valence-electron chi connectivity index (χ4n) is 13.6. The van der Waals surface area contributed by atoms with E-state index in [1.54, 1.807) is 41.5 Å².